The molecule has 0 atom stereocenters. The van der Waals surface area contributed by atoms with Crippen LogP contribution in [0.5, 0.6) is 0 Å². The molecule has 2 rings (SSSR count). The van der Waals surface area contributed by atoms with E-state index < -0.39 is 0 Å². The Morgan fingerprint density at radius 1 is 1.40 bits per heavy atom. The van der Waals surface area contributed by atoms with E-state index in [4.69, 9.17) is 5.73 Å². The Morgan fingerprint density at radius 2 is 2.20 bits per heavy atom. The molecule has 0 aromatic heterocycles. The zero-order valence-electron chi connectivity index (χ0n) is 9.45. The maximum atomic E-state index is 5.81. The van der Waals surface area contributed by atoms with E-state index >= 15 is 0 Å². The average Bonchev–Trinajstić information content (AvgIpc) is 3.01. The second kappa shape index (κ2) is 4.56. The highest BCUT2D eigenvalue weighted by Crippen LogP contribution is 2.31. The number of anilines is 2. The first-order chi connectivity index (χ1) is 7.29. The summed E-state index contributed by atoms with van der Waals surface area (Å²) in [5, 5.41) is 0. The van der Waals surface area contributed by atoms with E-state index in [1.54, 1.807) is 0 Å². The van der Waals surface area contributed by atoms with Crippen LogP contribution in [0.1, 0.15) is 26.2 Å². The Balaban J connectivity index is 2.07. The Hall–Kier alpha value is -1.18. The van der Waals surface area contributed by atoms with E-state index in [0.717, 1.165) is 18.2 Å². The molecule has 2 N–H and O–H groups in total. The van der Waals surface area contributed by atoms with Gasteiger partial charge in [-0.3, -0.25) is 0 Å². The molecule has 0 unspecified atom stereocenters. The minimum absolute atomic E-state index is 0.865. The molecule has 15 heavy (non-hydrogen) atoms. The molecule has 0 radical (unpaired) electrons. The predicted molar refractivity (Wildman–Crippen MR) is 66.1 cm³/mol. The molecule has 0 saturated heterocycles. The quantitative estimate of drug-likeness (QED) is 0.747. The minimum Gasteiger partial charge on any atom is -0.399 e. The van der Waals surface area contributed by atoms with E-state index in [0.29, 0.717) is 0 Å². The van der Waals surface area contributed by atoms with E-state index in [-0.39, 0.29) is 0 Å². The Bertz CT molecular complexity index is 318. The summed E-state index contributed by atoms with van der Waals surface area (Å²) in [4.78, 5) is 2.47. The second-order valence-corrected chi connectivity index (χ2v) is 4.48. The first-order valence-corrected chi connectivity index (χ1v) is 5.90. The standard InChI is InChI=1S/C13H20N2/c1-2-8-15(10-11-6-7-11)13-5-3-4-12(14)9-13/h3-5,9,11H,2,6-8,10,14H2,1H3. The first-order valence-electron chi connectivity index (χ1n) is 5.90. The number of nitrogens with two attached hydrogens (primary N) is 1. The fourth-order valence-electron chi connectivity index (χ4n) is 1.93. The molecule has 0 bridgehead atoms. The highest BCUT2D eigenvalue weighted by atomic mass is 15.1. The molecule has 0 aliphatic heterocycles. The van der Waals surface area contributed by atoms with Crippen LogP contribution >= 0.6 is 0 Å². The average molecular weight is 204 g/mol. The van der Waals surface area contributed by atoms with Crippen molar-refractivity contribution in [1.29, 1.82) is 0 Å². The van der Waals surface area contributed by atoms with Gasteiger partial charge >= 0.3 is 0 Å². The molecule has 2 nitrogen and oxygen atoms in total. The van der Waals surface area contributed by atoms with Gasteiger partial charge in [-0.2, -0.15) is 0 Å². The van der Waals surface area contributed by atoms with Crippen molar-refractivity contribution < 1.29 is 0 Å². The highest BCUT2D eigenvalue weighted by Gasteiger charge is 2.24. The predicted octanol–water partition coefficient (Wildman–Crippen LogP) is 2.90. The highest BCUT2D eigenvalue weighted by molar-refractivity contribution is 5.56. The first kappa shape index (κ1) is 10.3. The van der Waals surface area contributed by atoms with Crippen molar-refractivity contribution in [1.82, 2.24) is 0 Å². The van der Waals surface area contributed by atoms with Gasteiger partial charge in [-0.05, 0) is 43.4 Å². The zero-order chi connectivity index (χ0) is 10.7. The van der Waals surface area contributed by atoms with Crippen molar-refractivity contribution in [2.75, 3.05) is 23.7 Å². The topological polar surface area (TPSA) is 29.3 Å². The van der Waals surface area contributed by atoms with Crippen molar-refractivity contribution in [3.63, 3.8) is 0 Å². The molecule has 1 saturated carbocycles. The molecule has 2 heteroatoms. The largest absolute Gasteiger partial charge is 0.399 e. The van der Waals surface area contributed by atoms with Gasteiger partial charge in [0.05, 0.1) is 0 Å². The number of benzene rings is 1. The Morgan fingerprint density at radius 3 is 2.80 bits per heavy atom. The monoisotopic (exact) mass is 204 g/mol. The van der Waals surface area contributed by atoms with Crippen molar-refractivity contribution in [3.8, 4) is 0 Å². The molecule has 0 heterocycles. The van der Waals surface area contributed by atoms with Gasteiger partial charge in [0, 0.05) is 24.5 Å². The smallest absolute Gasteiger partial charge is 0.0386 e. The maximum absolute atomic E-state index is 5.81. The van der Waals surface area contributed by atoms with E-state index in [9.17, 15) is 0 Å². The minimum atomic E-state index is 0.865. The number of hydrogen-bond donors (Lipinski definition) is 1. The summed E-state index contributed by atoms with van der Waals surface area (Å²) in [5.41, 5.74) is 7.96. The van der Waals surface area contributed by atoms with Crippen LogP contribution in [-0.4, -0.2) is 13.1 Å². The lowest BCUT2D eigenvalue weighted by Crippen LogP contribution is -2.26. The fourth-order valence-corrected chi connectivity index (χ4v) is 1.93. The third kappa shape index (κ3) is 2.88. The van der Waals surface area contributed by atoms with Gasteiger partial charge in [0.15, 0.2) is 0 Å². The third-order valence-corrected chi connectivity index (χ3v) is 2.90. The molecule has 1 aliphatic carbocycles. The van der Waals surface area contributed by atoms with Gasteiger partial charge in [-0.25, -0.2) is 0 Å². The summed E-state index contributed by atoms with van der Waals surface area (Å²) in [6, 6.07) is 8.23. The molecule has 0 amide bonds. The molecule has 1 aromatic carbocycles. The lowest BCUT2D eigenvalue weighted by atomic mass is 10.2. The zero-order valence-corrected chi connectivity index (χ0v) is 9.45. The van der Waals surface area contributed by atoms with Gasteiger partial charge in [-0.15, -0.1) is 0 Å². The molecule has 1 aromatic rings. The van der Waals surface area contributed by atoms with E-state index in [1.165, 1.54) is 31.5 Å². The summed E-state index contributed by atoms with van der Waals surface area (Å²) >= 11 is 0. The maximum Gasteiger partial charge on any atom is 0.0386 e. The van der Waals surface area contributed by atoms with Crippen LogP contribution in [0, 0.1) is 5.92 Å². The van der Waals surface area contributed by atoms with Gasteiger partial charge in [0.25, 0.3) is 0 Å². The number of nitrogen functional groups attached to an aromatic ring is 1. The Kier molecular flexibility index (Phi) is 3.14. The van der Waals surface area contributed by atoms with Gasteiger partial charge in [0.1, 0.15) is 0 Å². The SMILES string of the molecule is CCCN(CC1CC1)c1cccc(N)c1. The second-order valence-electron chi connectivity index (χ2n) is 4.48. The van der Waals surface area contributed by atoms with Crippen LogP contribution in [0.15, 0.2) is 24.3 Å². The van der Waals surface area contributed by atoms with Crippen molar-refractivity contribution >= 4 is 11.4 Å². The molecule has 1 aliphatic rings. The van der Waals surface area contributed by atoms with E-state index in [2.05, 4.69) is 24.0 Å². The molecule has 82 valence electrons. The third-order valence-electron chi connectivity index (χ3n) is 2.90. The molecule has 1 fully saturated rings. The number of hydrogen-bond acceptors (Lipinski definition) is 2. The normalized spacial score (nSPS) is 15.3. The number of rotatable bonds is 5. The van der Waals surface area contributed by atoms with Gasteiger partial charge in [0.2, 0.25) is 0 Å². The lowest BCUT2D eigenvalue weighted by molar-refractivity contribution is 0.708. The van der Waals surface area contributed by atoms with Crippen molar-refractivity contribution in [3.05, 3.63) is 24.3 Å². The van der Waals surface area contributed by atoms with E-state index in [1.807, 2.05) is 12.1 Å². The van der Waals surface area contributed by atoms with Crippen LogP contribution < -0.4 is 10.6 Å². The van der Waals surface area contributed by atoms with Crippen molar-refractivity contribution in [2.24, 2.45) is 5.92 Å². The number of nitrogens with zero attached hydrogens (tertiary/aromatic N) is 1. The fraction of sp³-hybridized carbons (Fsp3) is 0.538. The van der Waals surface area contributed by atoms with Gasteiger partial charge < -0.3 is 10.6 Å². The lowest BCUT2D eigenvalue weighted by Gasteiger charge is -2.24. The van der Waals surface area contributed by atoms with Crippen LogP contribution in [0.3, 0.4) is 0 Å². The van der Waals surface area contributed by atoms with Crippen molar-refractivity contribution in [2.45, 2.75) is 26.2 Å². The molecular formula is C13H20N2. The van der Waals surface area contributed by atoms with Gasteiger partial charge in [-0.1, -0.05) is 13.0 Å². The Labute approximate surface area is 92.1 Å². The summed E-state index contributed by atoms with van der Waals surface area (Å²) in [5.74, 6) is 0.929. The van der Waals surface area contributed by atoms with Crippen LogP contribution in [-0.2, 0) is 0 Å². The molecular weight excluding hydrogens is 184 g/mol. The van der Waals surface area contributed by atoms with Crippen LogP contribution in [0.2, 0.25) is 0 Å². The summed E-state index contributed by atoms with van der Waals surface area (Å²) < 4.78 is 0. The van der Waals surface area contributed by atoms with Crippen LogP contribution in [0.25, 0.3) is 0 Å². The summed E-state index contributed by atoms with van der Waals surface area (Å²) in [6.45, 7) is 4.57. The van der Waals surface area contributed by atoms with Crippen LogP contribution in [0.4, 0.5) is 11.4 Å². The summed E-state index contributed by atoms with van der Waals surface area (Å²) in [7, 11) is 0. The summed E-state index contributed by atoms with van der Waals surface area (Å²) in [6.07, 6.45) is 4.01. The molecule has 0 spiro atoms.